The van der Waals surface area contributed by atoms with Crippen molar-refractivity contribution in [3.8, 4) is 0 Å². The molecular formula is C13H24N2O4. The molecule has 0 heterocycles. The van der Waals surface area contributed by atoms with Gasteiger partial charge in [0, 0.05) is 26.2 Å². The molecule has 0 aromatic carbocycles. The summed E-state index contributed by atoms with van der Waals surface area (Å²) >= 11 is 0. The third-order valence-electron chi connectivity index (χ3n) is 3.53. The van der Waals surface area contributed by atoms with Crippen LogP contribution in [0.15, 0.2) is 0 Å². The van der Waals surface area contributed by atoms with Crippen LogP contribution in [0.2, 0.25) is 0 Å². The predicted octanol–water partition coefficient (Wildman–Crippen LogP) is 1.31. The molecule has 6 heteroatoms. The van der Waals surface area contributed by atoms with E-state index in [1.807, 2.05) is 6.92 Å². The second-order valence-electron chi connectivity index (χ2n) is 4.95. The van der Waals surface area contributed by atoms with Crippen LogP contribution in [0.4, 0.5) is 4.79 Å². The minimum absolute atomic E-state index is 0.0950. The van der Waals surface area contributed by atoms with Crippen molar-refractivity contribution in [2.75, 3.05) is 26.8 Å². The number of hydrogen-bond acceptors (Lipinski definition) is 3. The average Bonchev–Trinajstić information content (AvgIpc) is 2.39. The highest BCUT2D eigenvalue weighted by Gasteiger charge is 2.27. The number of carboxylic acid groups (broad SMARTS) is 1. The Hall–Kier alpha value is -1.30. The van der Waals surface area contributed by atoms with E-state index in [0.29, 0.717) is 32.6 Å². The van der Waals surface area contributed by atoms with Gasteiger partial charge in [0.05, 0.1) is 12.5 Å². The largest absolute Gasteiger partial charge is 0.481 e. The normalized spacial score (nSPS) is 22.8. The van der Waals surface area contributed by atoms with E-state index in [1.54, 1.807) is 11.9 Å². The summed E-state index contributed by atoms with van der Waals surface area (Å²) in [5.74, 6) is -0.970. The minimum atomic E-state index is -0.724. The molecule has 0 aromatic heterocycles. The Morgan fingerprint density at radius 3 is 2.47 bits per heavy atom. The van der Waals surface area contributed by atoms with Crippen LogP contribution < -0.4 is 5.32 Å². The molecule has 1 saturated carbocycles. The lowest BCUT2D eigenvalue weighted by molar-refractivity contribution is -0.142. The summed E-state index contributed by atoms with van der Waals surface area (Å²) in [4.78, 5) is 24.3. The maximum absolute atomic E-state index is 11.9. The number of nitrogens with one attached hydrogen (secondary N) is 1. The summed E-state index contributed by atoms with van der Waals surface area (Å²) in [6.07, 6.45) is 2.76. The molecule has 0 aromatic rings. The van der Waals surface area contributed by atoms with Gasteiger partial charge in [-0.3, -0.25) is 4.79 Å². The van der Waals surface area contributed by atoms with Gasteiger partial charge in [0.15, 0.2) is 0 Å². The van der Waals surface area contributed by atoms with Crippen LogP contribution in [0, 0.1) is 5.92 Å². The Kier molecular flexibility index (Phi) is 6.62. The Morgan fingerprint density at radius 2 is 1.95 bits per heavy atom. The maximum Gasteiger partial charge on any atom is 0.317 e. The fourth-order valence-corrected chi connectivity index (χ4v) is 2.22. The summed E-state index contributed by atoms with van der Waals surface area (Å²) in [7, 11) is 1.73. The molecule has 1 aliphatic carbocycles. The molecule has 0 atom stereocenters. The Morgan fingerprint density at radius 1 is 1.32 bits per heavy atom. The smallest absolute Gasteiger partial charge is 0.317 e. The molecule has 0 bridgehead atoms. The Bertz CT molecular complexity index is 301. The lowest BCUT2D eigenvalue weighted by Crippen LogP contribution is -2.45. The number of urea groups is 1. The van der Waals surface area contributed by atoms with Crippen molar-refractivity contribution in [1.29, 1.82) is 0 Å². The van der Waals surface area contributed by atoms with Crippen LogP contribution in [0.5, 0.6) is 0 Å². The van der Waals surface area contributed by atoms with Crippen molar-refractivity contribution in [3.63, 3.8) is 0 Å². The molecule has 0 aliphatic heterocycles. The van der Waals surface area contributed by atoms with E-state index in [2.05, 4.69) is 5.32 Å². The highest BCUT2D eigenvalue weighted by Crippen LogP contribution is 2.24. The average molecular weight is 272 g/mol. The first-order valence-electron chi connectivity index (χ1n) is 6.86. The molecule has 6 nitrogen and oxygen atoms in total. The highest BCUT2D eigenvalue weighted by atomic mass is 16.5. The molecule has 1 fully saturated rings. The number of nitrogens with zero attached hydrogens (tertiary/aromatic N) is 1. The molecule has 0 unspecified atom stereocenters. The van der Waals surface area contributed by atoms with Gasteiger partial charge < -0.3 is 20.1 Å². The number of aliphatic carboxylic acids is 1. The van der Waals surface area contributed by atoms with Crippen LogP contribution in [0.25, 0.3) is 0 Å². The lowest BCUT2D eigenvalue weighted by Gasteiger charge is -2.28. The number of amides is 2. The van der Waals surface area contributed by atoms with Gasteiger partial charge in [-0.15, -0.1) is 0 Å². The fourth-order valence-electron chi connectivity index (χ4n) is 2.22. The van der Waals surface area contributed by atoms with Crippen LogP contribution in [0.1, 0.15) is 32.6 Å². The predicted molar refractivity (Wildman–Crippen MR) is 71.0 cm³/mol. The van der Waals surface area contributed by atoms with Gasteiger partial charge in [-0.2, -0.15) is 0 Å². The Labute approximate surface area is 114 Å². The van der Waals surface area contributed by atoms with Crippen molar-refractivity contribution in [3.05, 3.63) is 0 Å². The monoisotopic (exact) mass is 272 g/mol. The maximum atomic E-state index is 11.9. The summed E-state index contributed by atoms with van der Waals surface area (Å²) in [5, 5.41) is 11.8. The number of carbonyl (C=O) groups is 2. The number of rotatable bonds is 6. The lowest BCUT2D eigenvalue weighted by atomic mass is 9.86. The zero-order chi connectivity index (χ0) is 14.3. The first kappa shape index (κ1) is 15.8. The summed E-state index contributed by atoms with van der Waals surface area (Å²) in [5.41, 5.74) is 0. The van der Waals surface area contributed by atoms with Gasteiger partial charge in [0.25, 0.3) is 0 Å². The Balaban J connectivity index is 2.24. The van der Waals surface area contributed by atoms with E-state index in [4.69, 9.17) is 9.84 Å². The van der Waals surface area contributed by atoms with E-state index in [9.17, 15) is 9.59 Å². The van der Waals surface area contributed by atoms with Gasteiger partial charge >= 0.3 is 12.0 Å². The molecule has 2 N–H and O–H groups in total. The number of carboxylic acids is 1. The molecule has 2 amide bonds. The van der Waals surface area contributed by atoms with Gasteiger partial charge in [0.1, 0.15) is 0 Å². The highest BCUT2D eigenvalue weighted by molar-refractivity contribution is 5.74. The second-order valence-corrected chi connectivity index (χ2v) is 4.95. The number of likely N-dealkylation sites (N-methyl/N-ethyl adjacent to an activating group) is 1. The van der Waals surface area contributed by atoms with Gasteiger partial charge in [-0.25, -0.2) is 4.79 Å². The second kappa shape index (κ2) is 7.99. The van der Waals surface area contributed by atoms with E-state index < -0.39 is 5.97 Å². The molecule has 0 spiro atoms. The quantitative estimate of drug-likeness (QED) is 0.714. The van der Waals surface area contributed by atoms with Gasteiger partial charge in [-0.1, -0.05) is 0 Å². The third kappa shape index (κ3) is 5.46. The standard InChI is InChI=1S/C13H24N2O4/c1-3-19-9-8-15(2)13(18)14-11-6-4-10(5-7-11)12(16)17/h10-11H,3-9H2,1-2H3,(H,14,18)(H,16,17). The molecule has 0 radical (unpaired) electrons. The zero-order valence-electron chi connectivity index (χ0n) is 11.7. The van der Waals surface area contributed by atoms with Gasteiger partial charge in [-0.05, 0) is 32.6 Å². The van der Waals surface area contributed by atoms with E-state index >= 15 is 0 Å². The van der Waals surface area contributed by atoms with Crippen molar-refractivity contribution < 1.29 is 19.4 Å². The van der Waals surface area contributed by atoms with Crippen molar-refractivity contribution in [1.82, 2.24) is 10.2 Å². The summed E-state index contributed by atoms with van der Waals surface area (Å²) in [6.45, 7) is 3.66. The molecule has 1 aliphatic rings. The van der Waals surface area contributed by atoms with Gasteiger partial charge in [0.2, 0.25) is 0 Å². The summed E-state index contributed by atoms with van der Waals surface area (Å²) < 4.78 is 5.20. The molecule has 1 rings (SSSR count). The van der Waals surface area contributed by atoms with E-state index in [-0.39, 0.29) is 18.0 Å². The molecular weight excluding hydrogens is 248 g/mol. The first-order chi connectivity index (χ1) is 9.04. The minimum Gasteiger partial charge on any atom is -0.481 e. The SMILES string of the molecule is CCOCCN(C)C(=O)NC1CCC(C(=O)O)CC1. The summed E-state index contributed by atoms with van der Waals surface area (Å²) in [6, 6.07) is -0.0175. The molecule has 0 saturated heterocycles. The number of carbonyl (C=O) groups excluding carboxylic acids is 1. The third-order valence-corrected chi connectivity index (χ3v) is 3.53. The van der Waals surface area contributed by atoms with Crippen LogP contribution in [-0.2, 0) is 9.53 Å². The van der Waals surface area contributed by atoms with Crippen molar-refractivity contribution in [2.24, 2.45) is 5.92 Å². The van der Waals surface area contributed by atoms with E-state index in [1.165, 1.54) is 0 Å². The van der Waals surface area contributed by atoms with E-state index in [0.717, 1.165) is 12.8 Å². The van der Waals surface area contributed by atoms with Crippen LogP contribution in [-0.4, -0.2) is 54.9 Å². The number of hydrogen-bond donors (Lipinski definition) is 2. The molecule has 110 valence electrons. The van der Waals surface area contributed by atoms with Crippen molar-refractivity contribution in [2.45, 2.75) is 38.6 Å². The zero-order valence-corrected chi connectivity index (χ0v) is 11.7. The van der Waals surface area contributed by atoms with Crippen LogP contribution in [0.3, 0.4) is 0 Å². The topological polar surface area (TPSA) is 78.9 Å². The molecule has 19 heavy (non-hydrogen) atoms. The number of ether oxygens (including phenoxy) is 1. The fraction of sp³-hybridized carbons (Fsp3) is 0.846. The van der Waals surface area contributed by atoms with Crippen LogP contribution >= 0.6 is 0 Å². The first-order valence-corrected chi connectivity index (χ1v) is 6.86. The van der Waals surface area contributed by atoms with Crippen molar-refractivity contribution >= 4 is 12.0 Å².